The largest absolute Gasteiger partial charge is 0.497 e. The first-order valence-electron chi connectivity index (χ1n) is 7.83. The second-order valence-electron chi connectivity index (χ2n) is 5.83. The minimum Gasteiger partial charge on any atom is -0.497 e. The lowest BCUT2D eigenvalue weighted by Gasteiger charge is -2.16. The Hall–Kier alpha value is -2.07. The van der Waals surface area contributed by atoms with Gasteiger partial charge in [0.2, 0.25) is 0 Å². The summed E-state index contributed by atoms with van der Waals surface area (Å²) in [6.45, 7) is 4.33. The van der Waals surface area contributed by atoms with Crippen LogP contribution in [0.1, 0.15) is 12.0 Å². The first kappa shape index (κ1) is 14.9. The zero-order valence-electron chi connectivity index (χ0n) is 13.0. The molecule has 2 aromatic rings. The molecule has 1 aromatic carbocycles. The van der Waals surface area contributed by atoms with Crippen molar-refractivity contribution in [3.05, 3.63) is 54.2 Å². The first-order valence-corrected chi connectivity index (χ1v) is 7.83. The molecule has 0 spiro atoms. The van der Waals surface area contributed by atoms with E-state index in [-0.39, 0.29) is 0 Å². The number of nitrogens with one attached hydrogen (secondary N) is 1. The zero-order chi connectivity index (χ0) is 15.2. The van der Waals surface area contributed by atoms with Crippen LogP contribution < -0.4 is 10.1 Å². The molecule has 1 aliphatic heterocycles. The number of anilines is 1. The van der Waals surface area contributed by atoms with E-state index in [0.29, 0.717) is 5.92 Å². The Balaban J connectivity index is 1.45. The van der Waals surface area contributed by atoms with Crippen LogP contribution in [0.25, 0.3) is 0 Å². The van der Waals surface area contributed by atoms with Crippen LogP contribution in [-0.2, 0) is 6.54 Å². The molecule has 0 radical (unpaired) electrons. The first-order chi connectivity index (χ1) is 10.8. The van der Waals surface area contributed by atoms with E-state index in [2.05, 4.69) is 27.3 Å². The van der Waals surface area contributed by atoms with Crippen LogP contribution in [0.2, 0.25) is 0 Å². The standard InChI is InChI=1S/C18H23N3O/c1-22-17-7-5-15(6-8-17)13-21-11-9-16(14-21)12-20-18-4-2-3-10-19-18/h2-8,10,16H,9,11-14H2,1H3,(H,19,20)/t16-/m1/s1. The molecule has 22 heavy (non-hydrogen) atoms. The number of nitrogens with zero attached hydrogens (tertiary/aromatic N) is 2. The Morgan fingerprint density at radius 3 is 2.82 bits per heavy atom. The number of methoxy groups -OCH3 is 1. The van der Waals surface area contributed by atoms with E-state index in [1.165, 1.54) is 18.5 Å². The Morgan fingerprint density at radius 2 is 2.09 bits per heavy atom. The van der Waals surface area contributed by atoms with Crippen LogP contribution in [-0.4, -0.2) is 36.6 Å². The van der Waals surface area contributed by atoms with Crippen molar-refractivity contribution in [3.63, 3.8) is 0 Å². The van der Waals surface area contributed by atoms with E-state index < -0.39 is 0 Å². The van der Waals surface area contributed by atoms with Gasteiger partial charge in [0.15, 0.2) is 0 Å². The minimum atomic E-state index is 0.695. The Kier molecular flexibility index (Phi) is 4.91. The molecule has 0 saturated carbocycles. The van der Waals surface area contributed by atoms with Gasteiger partial charge >= 0.3 is 0 Å². The SMILES string of the molecule is COc1ccc(CN2CC[C@H](CNc3ccccn3)C2)cc1. The van der Waals surface area contributed by atoms with E-state index in [4.69, 9.17) is 4.74 Å². The van der Waals surface area contributed by atoms with Crippen molar-refractivity contribution in [2.75, 3.05) is 32.1 Å². The average molecular weight is 297 g/mol. The molecular formula is C18H23N3O. The van der Waals surface area contributed by atoms with Crippen LogP contribution in [0.15, 0.2) is 48.7 Å². The number of pyridine rings is 1. The van der Waals surface area contributed by atoms with Gasteiger partial charge in [-0.25, -0.2) is 4.98 Å². The highest BCUT2D eigenvalue weighted by Crippen LogP contribution is 2.20. The smallest absolute Gasteiger partial charge is 0.125 e. The lowest BCUT2D eigenvalue weighted by atomic mass is 10.1. The van der Waals surface area contributed by atoms with E-state index >= 15 is 0 Å². The van der Waals surface area contributed by atoms with E-state index in [0.717, 1.165) is 31.2 Å². The molecule has 0 bridgehead atoms. The van der Waals surface area contributed by atoms with E-state index in [1.54, 1.807) is 7.11 Å². The summed E-state index contributed by atoms with van der Waals surface area (Å²) in [5, 5.41) is 3.43. The van der Waals surface area contributed by atoms with Gasteiger partial charge in [0, 0.05) is 25.8 Å². The summed E-state index contributed by atoms with van der Waals surface area (Å²) in [7, 11) is 1.70. The molecular weight excluding hydrogens is 274 g/mol. The predicted molar refractivity (Wildman–Crippen MR) is 89.1 cm³/mol. The fourth-order valence-electron chi connectivity index (χ4n) is 2.93. The van der Waals surface area contributed by atoms with Crippen molar-refractivity contribution in [1.29, 1.82) is 0 Å². The Bertz CT molecular complexity index is 571. The fraction of sp³-hybridized carbons (Fsp3) is 0.389. The van der Waals surface area contributed by atoms with Crippen LogP contribution in [0, 0.1) is 5.92 Å². The monoisotopic (exact) mass is 297 g/mol. The van der Waals surface area contributed by atoms with Crippen molar-refractivity contribution in [3.8, 4) is 5.75 Å². The lowest BCUT2D eigenvalue weighted by molar-refractivity contribution is 0.318. The normalized spacial score (nSPS) is 18.3. The summed E-state index contributed by atoms with van der Waals surface area (Å²) in [4.78, 5) is 6.83. The highest BCUT2D eigenvalue weighted by molar-refractivity contribution is 5.33. The minimum absolute atomic E-state index is 0.695. The van der Waals surface area contributed by atoms with Gasteiger partial charge in [0.25, 0.3) is 0 Å². The van der Waals surface area contributed by atoms with Gasteiger partial charge in [-0.05, 0) is 48.7 Å². The highest BCUT2D eigenvalue weighted by Gasteiger charge is 2.22. The molecule has 1 N–H and O–H groups in total. The number of benzene rings is 1. The molecule has 0 amide bonds. The van der Waals surface area contributed by atoms with Crippen molar-refractivity contribution >= 4 is 5.82 Å². The molecule has 2 heterocycles. The third kappa shape index (κ3) is 3.98. The second kappa shape index (κ2) is 7.27. The average Bonchev–Trinajstić information content (AvgIpc) is 3.02. The number of aromatic nitrogens is 1. The molecule has 0 aliphatic carbocycles. The van der Waals surface area contributed by atoms with Gasteiger partial charge in [0.1, 0.15) is 11.6 Å². The molecule has 116 valence electrons. The fourth-order valence-corrected chi connectivity index (χ4v) is 2.93. The number of rotatable bonds is 6. The number of ether oxygens (including phenoxy) is 1. The quantitative estimate of drug-likeness (QED) is 0.889. The molecule has 3 rings (SSSR count). The maximum absolute atomic E-state index is 5.20. The van der Waals surface area contributed by atoms with Crippen LogP contribution in [0.4, 0.5) is 5.82 Å². The summed E-state index contributed by atoms with van der Waals surface area (Å²) in [5.74, 6) is 2.58. The molecule has 1 fully saturated rings. The van der Waals surface area contributed by atoms with Crippen LogP contribution in [0.3, 0.4) is 0 Å². The summed E-state index contributed by atoms with van der Waals surface area (Å²) in [6, 6.07) is 14.3. The molecule has 4 heteroatoms. The van der Waals surface area contributed by atoms with E-state index in [1.807, 2.05) is 36.5 Å². The van der Waals surface area contributed by atoms with Gasteiger partial charge in [-0.2, -0.15) is 0 Å². The van der Waals surface area contributed by atoms with Crippen molar-refractivity contribution in [2.24, 2.45) is 5.92 Å². The third-order valence-electron chi connectivity index (χ3n) is 4.17. The third-order valence-corrected chi connectivity index (χ3v) is 4.17. The molecule has 1 aliphatic rings. The van der Waals surface area contributed by atoms with Crippen LogP contribution >= 0.6 is 0 Å². The summed E-state index contributed by atoms with van der Waals surface area (Å²) >= 11 is 0. The number of hydrogen-bond acceptors (Lipinski definition) is 4. The molecule has 0 unspecified atom stereocenters. The molecule has 1 atom stereocenters. The van der Waals surface area contributed by atoms with Crippen LogP contribution in [0.5, 0.6) is 5.75 Å². The van der Waals surface area contributed by atoms with Gasteiger partial charge in [-0.3, -0.25) is 4.90 Å². The number of likely N-dealkylation sites (tertiary alicyclic amines) is 1. The number of hydrogen-bond donors (Lipinski definition) is 1. The molecule has 1 aromatic heterocycles. The predicted octanol–water partition coefficient (Wildman–Crippen LogP) is 3.02. The van der Waals surface area contributed by atoms with Gasteiger partial charge in [-0.1, -0.05) is 18.2 Å². The maximum atomic E-state index is 5.20. The van der Waals surface area contributed by atoms with E-state index in [9.17, 15) is 0 Å². The summed E-state index contributed by atoms with van der Waals surface area (Å²) in [6.07, 6.45) is 3.07. The van der Waals surface area contributed by atoms with Gasteiger partial charge < -0.3 is 10.1 Å². The summed E-state index contributed by atoms with van der Waals surface area (Å²) in [5.41, 5.74) is 1.35. The van der Waals surface area contributed by atoms with Crippen molar-refractivity contribution in [1.82, 2.24) is 9.88 Å². The van der Waals surface area contributed by atoms with Gasteiger partial charge in [0.05, 0.1) is 7.11 Å². The highest BCUT2D eigenvalue weighted by atomic mass is 16.5. The Morgan fingerprint density at radius 1 is 1.23 bits per heavy atom. The second-order valence-corrected chi connectivity index (χ2v) is 5.83. The van der Waals surface area contributed by atoms with Crippen molar-refractivity contribution in [2.45, 2.75) is 13.0 Å². The summed E-state index contributed by atoms with van der Waals surface area (Å²) < 4.78 is 5.20. The zero-order valence-corrected chi connectivity index (χ0v) is 13.0. The molecule has 1 saturated heterocycles. The Labute approximate surface area is 132 Å². The topological polar surface area (TPSA) is 37.4 Å². The lowest BCUT2D eigenvalue weighted by Crippen LogP contribution is -2.22. The van der Waals surface area contributed by atoms with Crippen molar-refractivity contribution < 1.29 is 4.74 Å². The molecule has 4 nitrogen and oxygen atoms in total. The maximum Gasteiger partial charge on any atom is 0.125 e. The van der Waals surface area contributed by atoms with Gasteiger partial charge in [-0.15, -0.1) is 0 Å².